The first kappa shape index (κ1) is 21.1. The van der Waals surface area contributed by atoms with Crippen LogP contribution < -0.4 is 20.1 Å². The smallest absolute Gasteiger partial charge is 0.387 e. The van der Waals surface area contributed by atoms with Crippen LogP contribution in [-0.2, 0) is 13.1 Å². The van der Waals surface area contributed by atoms with Crippen LogP contribution in [0.15, 0.2) is 65.9 Å². The van der Waals surface area contributed by atoms with Gasteiger partial charge in [-0.25, -0.2) is 4.68 Å². The number of aromatic nitrogens is 2. The second kappa shape index (κ2) is 10.2. The summed E-state index contributed by atoms with van der Waals surface area (Å²) in [6.07, 6.45) is 3.59. The minimum atomic E-state index is -2.91. The number of benzene rings is 2. The van der Waals surface area contributed by atoms with E-state index in [1.807, 2.05) is 36.5 Å². The Morgan fingerprint density at radius 3 is 2.53 bits per heavy atom. The number of para-hydroxylation sites is 1. The topological polar surface area (TPSA) is 72.7 Å². The second-order valence-corrected chi connectivity index (χ2v) is 6.21. The van der Waals surface area contributed by atoms with E-state index in [9.17, 15) is 8.78 Å². The van der Waals surface area contributed by atoms with Gasteiger partial charge in [-0.2, -0.15) is 13.9 Å². The van der Waals surface area contributed by atoms with Gasteiger partial charge in [-0.05, 0) is 35.9 Å². The Balaban J connectivity index is 1.67. The minimum absolute atomic E-state index is 0.0813. The molecule has 3 aromatic rings. The molecule has 0 unspecified atom stereocenters. The third-order valence-corrected chi connectivity index (χ3v) is 4.34. The fourth-order valence-corrected chi connectivity index (χ4v) is 2.91. The van der Waals surface area contributed by atoms with Gasteiger partial charge in [-0.15, -0.1) is 0 Å². The average molecular weight is 415 g/mol. The highest BCUT2D eigenvalue weighted by Gasteiger charge is 2.12. The molecule has 9 heteroatoms. The Morgan fingerprint density at radius 2 is 1.87 bits per heavy atom. The van der Waals surface area contributed by atoms with Gasteiger partial charge >= 0.3 is 6.61 Å². The molecule has 1 heterocycles. The van der Waals surface area contributed by atoms with Crippen molar-refractivity contribution in [3.63, 3.8) is 0 Å². The van der Waals surface area contributed by atoms with Crippen LogP contribution >= 0.6 is 0 Å². The Labute approximate surface area is 173 Å². The fraction of sp³-hybridized carbons (Fsp3) is 0.238. The van der Waals surface area contributed by atoms with Crippen molar-refractivity contribution < 1.29 is 18.3 Å². The van der Waals surface area contributed by atoms with Crippen molar-refractivity contribution in [2.24, 2.45) is 4.99 Å². The molecule has 0 amide bonds. The monoisotopic (exact) mass is 415 g/mol. The van der Waals surface area contributed by atoms with Gasteiger partial charge in [0.25, 0.3) is 0 Å². The van der Waals surface area contributed by atoms with Crippen LogP contribution in [0.5, 0.6) is 11.5 Å². The summed E-state index contributed by atoms with van der Waals surface area (Å²) in [5, 5.41) is 10.6. The highest BCUT2D eigenvalue weighted by molar-refractivity contribution is 5.79. The van der Waals surface area contributed by atoms with Gasteiger partial charge in [0.1, 0.15) is 11.5 Å². The lowest BCUT2D eigenvalue weighted by molar-refractivity contribution is -0.0504. The normalized spacial score (nSPS) is 11.4. The van der Waals surface area contributed by atoms with Crippen molar-refractivity contribution in [3.8, 4) is 17.2 Å². The Morgan fingerprint density at radius 1 is 1.10 bits per heavy atom. The number of alkyl halides is 2. The molecule has 0 aliphatic carbocycles. The molecule has 0 saturated heterocycles. The summed E-state index contributed by atoms with van der Waals surface area (Å²) in [5.41, 5.74) is 2.49. The van der Waals surface area contributed by atoms with E-state index in [1.54, 1.807) is 30.1 Å². The first-order valence-electron chi connectivity index (χ1n) is 9.25. The number of hydrogen-bond acceptors (Lipinski definition) is 4. The van der Waals surface area contributed by atoms with Gasteiger partial charge in [0, 0.05) is 38.1 Å². The van der Waals surface area contributed by atoms with Crippen LogP contribution in [0, 0.1) is 0 Å². The predicted molar refractivity (Wildman–Crippen MR) is 110 cm³/mol. The first-order chi connectivity index (χ1) is 14.6. The number of nitrogens with one attached hydrogen (secondary N) is 2. The molecule has 0 radical (unpaired) electrons. The summed E-state index contributed by atoms with van der Waals surface area (Å²) in [5.74, 6) is 1.14. The highest BCUT2D eigenvalue weighted by Crippen LogP contribution is 2.25. The third-order valence-electron chi connectivity index (χ3n) is 4.34. The maximum absolute atomic E-state index is 12.7. The number of rotatable bonds is 8. The molecule has 3 rings (SSSR count). The number of hydrogen-bond donors (Lipinski definition) is 2. The highest BCUT2D eigenvalue weighted by atomic mass is 19.3. The zero-order chi connectivity index (χ0) is 21.3. The maximum atomic E-state index is 12.7. The summed E-state index contributed by atoms with van der Waals surface area (Å²) in [7, 11) is 3.15. The van der Waals surface area contributed by atoms with Gasteiger partial charge in [-0.1, -0.05) is 18.2 Å². The van der Waals surface area contributed by atoms with E-state index in [1.165, 1.54) is 13.2 Å². The van der Waals surface area contributed by atoms with Gasteiger partial charge < -0.3 is 20.1 Å². The summed E-state index contributed by atoms with van der Waals surface area (Å²) in [6, 6.07) is 14.4. The standard InChI is InChI=1S/C21H23F2N5O2/c1-24-21(25-13-15-6-3-4-7-18(15)28-11-5-10-27-28)26-14-16-12-17(29-2)8-9-19(16)30-20(22)23/h3-12,20H,13-14H2,1-2H3,(H2,24,25,26). The molecule has 2 N–H and O–H groups in total. The predicted octanol–water partition coefficient (Wildman–Crippen LogP) is 3.35. The van der Waals surface area contributed by atoms with E-state index in [0.29, 0.717) is 23.8 Å². The van der Waals surface area contributed by atoms with Gasteiger partial charge in [0.05, 0.1) is 12.8 Å². The minimum Gasteiger partial charge on any atom is -0.497 e. The summed E-state index contributed by atoms with van der Waals surface area (Å²) >= 11 is 0. The molecule has 1 aromatic heterocycles. The molecule has 158 valence electrons. The number of guanidine groups is 1. The molecule has 30 heavy (non-hydrogen) atoms. The van der Waals surface area contributed by atoms with Crippen molar-refractivity contribution in [3.05, 3.63) is 72.1 Å². The molecule has 0 bridgehead atoms. The largest absolute Gasteiger partial charge is 0.497 e. The van der Waals surface area contributed by atoms with Gasteiger partial charge in [0.2, 0.25) is 0 Å². The van der Waals surface area contributed by atoms with Gasteiger partial charge in [0.15, 0.2) is 5.96 Å². The lowest BCUT2D eigenvalue weighted by Gasteiger charge is -2.16. The van der Waals surface area contributed by atoms with Crippen LogP contribution in [0.1, 0.15) is 11.1 Å². The van der Waals surface area contributed by atoms with E-state index < -0.39 is 6.61 Å². The summed E-state index contributed by atoms with van der Waals surface area (Å²) in [6.45, 7) is -2.19. The van der Waals surface area contributed by atoms with Crippen molar-refractivity contribution >= 4 is 5.96 Å². The average Bonchev–Trinajstić information content (AvgIpc) is 3.29. The number of ether oxygens (including phenoxy) is 2. The quantitative estimate of drug-likeness (QED) is 0.436. The van der Waals surface area contributed by atoms with Crippen molar-refractivity contribution in [1.29, 1.82) is 0 Å². The van der Waals surface area contributed by atoms with Crippen LogP contribution in [0.3, 0.4) is 0 Å². The third kappa shape index (κ3) is 5.47. The van der Waals surface area contributed by atoms with E-state index in [2.05, 4.69) is 25.5 Å². The molecule has 0 fully saturated rings. The van der Waals surface area contributed by atoms with Crippen LogP contribution in [0.2, 0.25) is 0 Å². The summed E-state index contributed by atoms with van der Waals surface area (Å²) in [4.78, 5) is 4.20. The lowest BCUT2D eigenvalue weighted by atomic mass is 10.1. The van der Waals surface area contributed by atoms with Crippen LogP contribution in [0.25, 0.3) is 5.69 Å². The van der Waals surface area contributed by atoms with Crippen molar-refractivity contribution in [2.45, 2.75) is 19.7 Å². The number of halogens is 2. The zero-order valence-electron chi connectivity index (χ0n) is 16.7. The van der Waals surface area contributed by atoms with E-state index in [-0.39, 0.29) is 12.3 Å². The molecular weight excluding hydrogens is 392 g/mol. The maximum Gasteiger partial charge on any atom is 0.387 e. The molecule has 0 aliphatic rings. The summed E-state index contributed by atoms with van der Waals surface area (Å²) < 4.78 is 37.0. The Bertz CT molecular complexity index is 977. The Hall–Kier alpha value is -3.62. The molecule has 0 aliphatic heterocycles. The number of aliphatic imine (C=N–C) groups is 1. The second-order valence-electron chi connectivity index (χ2n) is 6.21. The molecule has 0 spiro atoms. The van der Waals surface area contributed by atoms with Crippen LogP contribution in [0.4, 0.5) is 8.78 Å². The number of nitrogens with zero attached hydrogens (tertiary/aromatic N) is 3. The first-order valence-corrected chi connectivity index (χ1v) is 9.25. The van der Waals surface area contributed by atoms with Crippen molar-refractivity contribution in [2.75, 3.05) is 14.2 Å². The van der Waals surface area contributed by atoms with Gasteiger partial charge in [-0.3, -0.25) is 4.99 Å². The molecule has 7 nitrogen and oxygen atoms in total. The van der Waals surface area contributed by atoms with E-state index >= 15 is 0 Å². The van der Waals surface area contributed by atoms with Crippen LogP contribution in [-0.4, -0.2) is 36.5 Å². The SMILES string of the molecule is CN=C(NCc1cc(OC)ccc1OC(F)F)NCc1ccccc1-n1cccn1. The molecule has 2 aromatic carbocycles. The number of methoxy groups -OCH3 is 1. The Kier molecular flexibility index (Phi) is 7.20. The lowest BCUT2D eigenvalue weighted by Crippen LogP contribution is -2.36. The fourth-order valence-electron chi connectivity index (χ4n) is 2.91. The molecular formula is C21H23F2N5O2. The van der Waals surface area contributed by atoms with E-state index in [4.69, 9.17) is 4.74 Å². The van der Waals surface area contributed by atoms with E-state index in [0.717, 1.165) is 11.3 Å². The molecule has 0 atom stereocenters. The zero-order valence-corrected chi connectivity index (χ0v) is 16.7. The van der Waals surface area contributed by atoms with Crippen molar-refractivity contribution in [1.82, 2.24) is 20.4 Å². The molecule has 0 saturated carbocycles.